The van der Waals surface area contributed by atoms with Crippen LogP contribution in [0.5, 0.6) is 0 Å². The van der Waals surface area contributed by atoms with Crippen molar-refractivity contribution in [3.63, 3.8) is 0 Å². The number of anilines is 6. The standard InChI is InChI=1S/C19H17ClN8O2.C15H13BrClN5O2.C11H15N3O2.C6H4BrClN2O2.C4H5N3/c20-12-9-13(25-14-1-5-21-10-23-14)18(30)28-16(12)17(29)26-19(28)3-7-27(8-4-19)15-2-6-22-11-24-15;16-9-7-10(17)12-13(23)20-15(22(12)14(9)24)2-5-21(6-3-15)11-1-4-18-8-19-11;1-4-12-9-13-10(1)14-5-2-11(3-6-14)15-7-8-16-11;7-2-1-3(8)4(5(9)11)10-6(2)12;5-4-1-2-6-3-7-4/h1-2,5-6,9-11H,3-4,7-8H2,(H,26,29)(H,21,23,25);1,4,7-8H,2-3,5-6H2,(H,20,23);1,4,9H,2-3,5-8H2;1H,(H2,9,11)(H,10,12);1-3H,(H2,5,6,7). The third-order valence-electron chi connectivity index (χ3n) is 15.1. The normalized spacial score (nSPS) is 17.0. The average molecular weight is 1400 g/mol. The largest absolute Gasteiger partial charge is 0.384 e. The number of carbonyl (C=O) groups is 3. The summed E-state index contributed by atoms with van der Waals surface area (Å²) in [6.45, 7) is 5.87. The molecule has 8 N–H and O–H groups in total. The van der Waals surface area contributed by atoms with Crippen LogP contribution in [0.15, 0.2) is 134 Å². The van der Waals surface area contributed by atoms with Crippen molar-refractivity contribution in [3.8, 4) is 0 Å². The molecular formula is C55H54Br2Cl3N21O8. The maximum atomic E-state index is 13.4. The van der Waals surface area contributed by atoms with Crippen molar-refractivity contribution in [2.24, 2.45) is 5.73 Å². The Morgan fingerprint density at radius 1 is 0.551 bits per heavy atom. The number of carbonyl (C=O) groups excluding carboxylic acids is 3. The van der Waals surface area contributed by atoms with E-state index in [2.05, 4.69) is 117 Å². The highest BCUT2D eigenvalue weighted by Gasteiger charge is 2.49. The Hall–Kier alpha value is -8.59. The van der Waals surface area contributed by atoms with Crippen LogP contribution in [0.25, 0.3) is 0 Å². The molecule has 6 aliphatic heterocycles. The highest BCUT2D eigenvalue weighted by molar-refractivity contribution is 9.10. The maximum Gasteiger partial charge on any atom is 0.276 e. The highest BCUT2D eigenvalue weighted by Crippen LogP contribution is 2.39. The number of piperidine rings is 3. The van der Waals surface area contributed by atoms with E-state index < -0.39 is 22.8 Å². The van der Waals surface area contributed by atoms with Gasteiger partial charge in [0.1, 0.15) is 94.8 Å². The first-order chi connectivity index (χ1) is 42.9. The van der Waals surface area contributed by atoms with Gasteiger partial charge >= 0.3 is 0 Å². The number of halogens is 5. The fourth-order valence-corrected chi connectivity index (χ4v) is 12.6. The molecule has 462 valence electrons. The van der Waals surface area contributed by atoms with Gasteiger partial charge in [0, 0.05) is 109 Å². The fourth-order valence-electron chi connectivity index (χ4n) is 10.8. The van der Waals surface area contributed by atoms with Gasteiger partial charge in [-0.2, -0.15) is 0 Å². The van der Waals surface area contributed by atoms with Crippen LogP contribution in [-0.2, 0) is 20.8 Å². The van der Waals surface area contributed by atoms with Crippen molar-refractivity contribution in [2.75, 3.05) is 78.2 Å². The second-order valence-corrected chi connectivity index (χ2v) is 23.3. The van der Waals surface area contributed by atoms with E-state index in [9.17, 15) is 28.8 Å². The lowest BCUT2D eigenvalue weighted by Crippen LogP contribution is -2.54. The van der Waals surface area contributed by atoms with Gasteiger partial charge in [-0.15, -0.1) is 0 Å². The molecule has 0 unspecified atom stereocenters. The third kappa shape index (κ3) is 14.3. The number of ether oxygens (including phenoxy) is 2. The molecule has 4 fully saturated rings. The molecule has 89 heavy (non-hydrogen) atoms. The summed E-state index contributed by atoms with van der Waals surface area (Å²) in [5.41, 5.74) is 8.14. The Labute approximate surface area is 537 Å². The Morgan fingerprint density at radius 3 is 1.39 bits per heavy atom. The number of rotatable bonds is 6. The molecule has 4 saturated heterocycles. The second-order valence-electron chi connectivity index (χ2n) is 20.4. The Balaban J connectivity index is 0.000000132. The molecule has 0 aromatic carbocycles. The Morgan fingerprint density at radius 2 is 0.978 bits per heavy atom. The predicted molar refractivity (Wildman–Crippen MR) is 335 cm³/mol. The van der Waals surface area contributed by atoms with Gasteiger partial charge in [-0.25, -0.2) is 49.8 Å². The average Bonchev–Trinajstić information content (AvgIpc) is 3.15. The summed E-state index contributed by atoms with van der Waals surface area (Å²) in [7, 11) is 0. The van der Waals surface area contributed by atoms with E-state index in [1.807, 2.05) is 18.2 Å². The molecule has 0 radical (unpaired) electrons. The molecule has 8 aromatic heterocycles. The topological polar surface area (TPSA) is 373 Å². The van der Waals surface area contributed by atoms with Crippen LogP contribution in [0.4, 0.5) is 34.8 Å². The van der Waals surface area contributed by atoms with Crippen LogP contribution in [0.1, 0.15) is 70.0 Å². The molecule has 3 amide bonds. The van der Waals surface area contributed by atoms with E-state index in [1.165, 1.54) is 52.6 Å². The van der Waals surface area contributed by atoms with Crippen molar-refractivity contribution in [1.29, 1.82) is 0 Å². The lowest BCUT2D eigenvalue weighted by molar-refractivity contribution is -0.169. The number of fused-ring (bicyclic) bond motifs is 4. The Kier molecular flexibility index (Phi) is 19.8. The van der Waals surface area contributed by atoms with Gasteiger partial charge in [0.05, 0.1) is 37.2 Å². The summed E-state index contributed by atoms with van der Waals surface area (Å²) >= 11 is 24.4. The number of nitrogens with zero attached hydrogens (tertiary/aromatic N) is 15. The van der Waals surface area contributed by atoms with Crippen molar-refractivity contribution in [1.82, 2.24) is 74.6 Å². The molecule has 14 heterocycles. The number of amides is 3. The van der Waals surface area contributed by atoms with Crippen molar-refractivity contribution in [2.45, 2.75) is 55.6 Å². The molecule has 29 nitrogen and oxygen atoms in total. The molecule has 0 aliphatic carbocycles. The van der Waals surface area contributed by atoms with Crippen molar-refractivity contribution < 1.29 is 23.9 Å². The van der Waals surface area contributed by atoms with Gasteiger partial charge in [-0.05, 0) is 80.4 Å². The first kappa shape index (κ1) is 63.4. The number of aromatic nitrogens is 13. The minimum Gasteiger partial charge on any atom is -0.384 e. The minimum absolute atomic E-state index is 0.0788. The summed E-state index contributed by atoms with van der Waals surface area (Å²) in [5.74, 6) is 1.90. The lowest BCUT2D eigenvalue weighted by atomic mass is 9.97. The number of hydrogen-bond donors (Lipinski definition) is 6. The number of primary amides is 1. The monoisotopic (exact) mass is 1400 g/mol. The van der Waals surface area contributed by atoms with Crippen molar-refractivity contribution >= 4 is 119 Å². The zero-order valence-corrected chi connectivity index (χ0v) is 52.3. The smallest absolute Gasteiger partial charge is 0.276 e. The van der Waals surface area contributed by atoms with Crippen LogP contribution in [0, 0.1) is 0 Å². The Bertz CT molecular complexity index is 4010. The number of pyridine rings is 3. The summed E-state index contributed by atoms with van der Waals surface area (Å²) < 4.78 is 15.0. The summed E-state index contributed by atoms with van der Waals surface area (Å²) in [5, 5.41) is 9.56. The first-order valence-corrected chi connectivity index (χ1v) is 30.1. The van der Waals surface area contributed by atoms with Gasteiger partial charge in [-0.3, -0.25) is 37.9 Å². The number of nitrogens with one attached hydrogen (secondary N) is 4. The van der Waals surface area contributed by atoms with Gasteiger partial charge in [0.25, 0.3) is 34.4 Å². The van der Waals surface area contributed by atoms with Crippen LogP contribution in [0.2, 0.25) is 15.1 Å². The molecule has 0 saturated carbocycles. The summed E-state index contributed by atoms with van der Waals surface area (Å²) in [4.78, 5) is 121. The third-order valence-corrected chi connectivity index (χ3v) is 17.1. The minimum atomic E-state index is -0.833. The zero-order valence-electron chi connectivity index (χ0n) is 46.8. The molecule has 0 bridgehead atoms. The van der Waals surface area contributed by atoms with E-state index >= 15 is 0 Å². The van der Waals surface area contributed by atoms with Gasteiger partial charge in [0.2, 0.25) is 0 Å². The summed E-state index contributed by atoms with van der Waals surface area (Å²) in [6.07, 6.45) is 19.8. The van der Waals surface area contributed by atoms with Gasteiger partial charge < -0.3 is 56.6 Å². The fraction of sp³-hybridized carbons (Fsp3) is 0.309. The highest BCUT2D eigenvalue weighted by atomic mass is 79.9. The molecule has 3 spiro atoms. The van der Waals surface area contributed by atoms with Gasteiger partial charge in [-0.1, -0.05) is 34.8 Å². The molecular weight excluding hydrogens is 1350 g/mol. The molecule has 6 aliphatic rings. The van der Waals surface area contributed by atoms with E-state index in [0.29, 0.717) is 68.0 Å². The number of nitrogens with two attached hydrogens (primary N) is 2. The maximum absolute atomic E-state index is 13.4. The molecule has 14 rings (SSSR count). The SMILES string of the molecule is NC(=O)c1[nH]c(=O)c(Br)cc1Cl.Nc1ccncn1.O=C1NC2(CCN(c3ccncn3)CC2)n2c1c(Cl)cc(Br)c2=O.O=C1NC2(CCN(c3ccncn3)CC2)n2c1c(Cl)cc(Nc1ccncn1)c2=O.c1cc(N2CCC3(CC2)OCCO3)ncn1. The zero-order chi connectivity index (χ0) is 62.9. The first-order valence-electron chi connectivity index (χ1n) is 27.3. The van der Waals surface area contributed by atoms with Crippen LogP contribution in [-0.4, -0.2) is 140 Å². The van der Waals surface area contributed by atoms with E-state index in [4.69, 9.17) is 55.7 Å². The molecule has 0 atom stereocenters. The van der Waals surface area contributed by atoms with Gasteiger partial charge in [0.15, 0.2) is 5.79 Å². The van der Waals surface area contributed by atoms with Crippen LogP contribution >= 0.6 is 66.7 Å². The number of aromatic amines is 1. The number of hydrogen-bond acceptors (Lipinski definition) is 23. The number of nitrogen functional groups attached to an aromatic ring is 1. The quantitative estimate of drug-likeness (QED) is 0.127. The summed E-state index contributed by atoms with van der Waals surface area (Å²) in [6, 6.07) is 13.2. The number of H-pyrrole nitrogens is 1. The van der Waals surface area contributed by atoms with E-state index in [0.717, 1.165) is 56.6 Å². The lowest BCUT2D eigenvalue weighted by Gasteiger charge is -2.40. The predicted octanol–water partition coefficient (Wildman–Crippen LogP) is 5.04. The molecule has 34 heteroatoms. The molecule has 8 aromatic rings. The second kappa shape index (κ2) is 27.8. The van der Waals surface area contributed by atoms with Crippen LogP contribution < -0.4 is 58.8 Å². The van der Waals surface area contributed by atoms with Crippen LogP contribution in [0.3, 0.4) is 0 Å². The van der Waals surface area contributed by atoms with Crippen molar-refractivity contribution in [3.05, 3.63) is 183 Å². The van der Waals surface area contributed by atoms with E-state index in [-0.39, 0.29) is 71.0 Å². The van der Waals surface area contributed by atoms with E-state index in [1.54, 1.807) is 49.4 Å².